The van der Waals surface area contributed by atoms with E-state index < -0.39 is 0 Å². The van der Waals surface area contributed by atoms with Gasteiger partial charge in [-0.05, 0) is 31.4 Å². The monoisotopic (exact) mass is 261 g/mol. The van der Waals surface area contributed by atoms with Gasteiger partial charge in [0, 0.05) is 35.7 Å². The van der Waals surface area contributed by atoms with Crippen LogP contribution in [0.5, 0.6) is 5.75 Å². The van der Waals surface area contributed by atoms with Gasteiger partial charge in [-0.25, -0.2) is 0 Å². The van der Waals surface area contributed by atoms with Crippen LogP contribution in [0, 0.1) is 18.3 Å². The number of nitrogens with one attached hydrogen (secondary N) is 1. The standard InChI is InChI=1S/C16H23NO2/c1-10-6-7-11(9-13(10)18)17-14-12-5-4-8-19-15(12)16(14,2)3/h6-7,9,12,14-15,17-18H,4-5,8H2,1-3H3. The number of anilines is 1. The number of phenols is 1. The van der Waals surface area contributed by atoms with Crippen molar-refractivity contribution >= 4 is 5.69 Å². The normalized spacial score (nSPS) is 32.3. The number of hydrogen-bond donors (Lipinski definition) is 2. The van der Waals surface area contributed by atoms with E-state index in [2.05, 4.69) is 19.2 Å². The van der Waals surface area contributed by atoms with E-state index in [0.29, 0.717) is 23.8 Å². The molecule has 3 rings (SSSR count). The second-order valence-corrected chi connectivity index (χ2v) is 6.54. The smallest absolute Gasteiger partial charge is 0.120 e. The van der Waals surface area contributed by atoms with Crippen LogP contribution in [-0.4, -0.2) is 23.9 Å². The number of phenolic OH excluding ortho intramolecular Hbond substituents is 1. The molecule has 19 heavy (non-hydrogen) atoms. The van der Waals surface area contributed by atoms with Crippen molar-refractivity contribution in [2.75, 3.05) is 11.9 Å². The lowest BCUT2D eigenvalue weighted by atomic mass is 9.55. The molecule has 104 valence electrons. The van der Waals surface area contributed by atoms with Gasteiger partial charge in [0.25, 0.3) is 0 Å². The van der Waals surface area contributed by atoms with E-state index in [1.54, 1.807) is 0 Å². The number of ether oxygens (including phenoxy) is 1. The Morgan fingerprint density at radius 1 is 1.37 bits per heavy atom. The van der Waals surface area contributed by atoms with E-state index in [9.17, 15) is 5.11 Å². The van der Waals surface area contributed by atoms with Crippen molar-refractivity contribution in [1.82, 2.24) is 0 Å². The van der Waals surface area contributed by atoms with Crippen LogP contribution in [0.4, 0.5) is 5.69 Å². The van der Waals surface area contributed by atoms with Crippen molar-refractivity contribution in [3.63, 3.8) is 0 Å². The first-order valence-corrected chi connectivity index (χ1v) is 7.18. The summed E-state index contributed by atoms with van der Waals surface area (Å²) in [5.41, 5.74) is 2.08. The van der Waals surface area contributed by atoms with Crippen LogP contribution in [0.2, 0.25) is 0 Å². The molecule has 0 amide bonds. The molecule has 1 aliphatic heterocycles. The zero-order chi connectivity index (χ0) is 13.6. The molecule has 3 atom stereocenters. The van der Waals surface area contributed by atoms with E-state index >= 15 is 0 Å². The van der Waals surface area contributed by atoms with Crippen molar-refractivity contribution in [2.24, 2.45) is 11.3 Å². The third-order valence-electron chi connectivity index (χ3n) is 4.86. The van der Waals surface area contributed by atoms with Crippen molar-refractivity contribution in [3.8, 4) is 5.75 Å². The van der Waals surface area contributed by atoms with Gasteiger partial charge < -0.3 is 15.2 Å². The molecule has 0 bridgehead atoms. The Balaban J connectivity index is 1.77. The Morgan fingerprint density at radius 2 is 2.16 bits per heavy atom. The summed E-state index contributed by atoms with van der Waals surface area (Å²) >= 11 is 0. The summed E-state index contributed by atoms with van der Waals surface area (Å²) in [5, 5.41) is 13.4. The predicted molar refractivity (Wildman–Crippen MR) is 76.5 cm³/mol. The highest BCUT2D eigenvalue weighted by Crippen LogP contribution is 2.52. The molecular formula is C16H23NO2. The summed E-state index contributed by atoms with van der Waals surface area (Å²) in [7, 11) is 0. The largest absolute Gasteiger partial charge is 0.508 e. The first-order chi connectivity index (χ1) is 9.00. The highest BCUT2D eigenvalue weighted by Gasteiger charge is 2.57. The molecule has 3 nitrogen and oxygen atoms in total. The number of aromatic hydroxyl groups is 1. The van der Waals surface area contributed by atoms with Gasteiger partial charge in [-0.2, -0.15) is 0 Å². The lowest BCUT2D eigenvalue weighted by Crippen LogP contribution is -2.67. The fourth-order valence-corrected chi connectivity index (χ4v) is 3.69. The average Bonchev–Trinajstić information content (AvgIpc) is 2.40. The number of rotatable bonds is 2. The fraction of sp³-hybridized carbons (Fsp3) is 0.625. The molecule has 2 fully saturated rings. The van der Waals surface area contributed by atoms with Gasteiger partial charge in [0.1, 0.15) is 5.75 Å². The van der Waals surface area contributed by atoms with Gasteiger partial charge in [-0.3, -0.25) is 0 Å². The lowest BCUT2D eigenvalue weighted by Gasteiger charge is -2.60. The summed E-state index contributed by atoms with van der Waals surface area (Å²) in [5.74, 6) is 0.964. The zero-order valence-corrected chi connectivity index (χ0v) is 11.9. The molecule has 0 spiro atoms. The summed E-state index contributed by atoms with van der Waals surface area (Å²) in [6.07, 6.45) is 2.79. The van der Waals surface area contributed by atoms with Crippen LogP contribution in [0.1, 0.15) is 32.3 Å². The van der Waals surface area contributed by atoms with Crippen LogP contribution < -0.4 is 5.32 Å². The number of hydrogen-bond acceptors (Lipinski definition) is 3. The topological polar surface area (TPSA) is 41.5 Å². The molecule has 1 aromatic rings. The van der Waals surface area contributed by atoms with Gasteiger partial charge >= 0.3 is 0 Å². The molecule has 3 heteroatoms. The molecule has 2 aliphatic rings. The van der Waals surface area contributed by atoms with E-state index in [1.165, 1.54) is 6.42 Å². The summed E-state index contributed by atoms with van der Waals surface area (Å²) in [6, 6.07) is 6.25. The Hall–Kier alpha value is -1.22. The molecule has 1 aromatic carbocycles. The minimum atomic E-state index is 0.158. The maximum atomic E-state index is 9.80. The quantitative estimate of drug-likeness (QED) is 0.858. The highest BCUT2D eigenvalue weighted by atomic mass is 16.5. The van der Waals surface area contributed by atoms with Crippen molar-refractivity contribution in [2.45, 2.75) is 45.8 Å². The van der Waals surface area contributed by atoms with Gasteiger partial charge in [0.2, 0.25) is 0 Å². The Labute approximate surface area is 115 Å². The average molecular weight is 261 g/mol. The summed E-state index contributed by atoms with van der Waals surface area (Å²) < 4.78 is 5.91. The number of aryl methyl sites for hydroxylation is 1. The van der Waals surface area contributed by atoms with Crippen molar-refractivity contribution < 1.29 is 9.84 Å². The third kappa shape index (κ3) is 2.00. The van der Waals surface area contributed by atoms with Crippen molar-refractivity contribution in [3.05, 3.63) is 23.8 Å². The lowest BCUT2D eigenvalue weighted by molar-refractivity contribution is -0.177. The van der Waals surface area contributed by atoms with Crippen LogP contribution >= 0.6 is 0 Å². The van der Waals surface area contributed by atoms with E-state index in [1.807, 2.05) is 25.1 Å². The first-order valence-electron chi connectivity index (χ1n) is 7.18. The van der Waals surface area contributed by atoms with Gasteiger partial charge in [0.15, 0.2) is 0 Å². The zero-order valence-electron chi connectivity index (χ0n) is 11.9. The Kier molecular flexibility index (Phi) is 2.97. The highest BCUT2D eigenvalue weighted by molar-refractivity contribution is 5.52. The van der Waals surface area contributed by atoms with Crippen LogP contribution in [-0.2, 0) is 4.74 Å². The maximum Gasteiger partial charge on any atom is 0.120 e. The molecule has 0 aromatic heterocycles. The minimum Gasteiger partial charge on any atom is -0.508 e. The molecule has 1 aliphatic carbocycles. The number of benzene rings is 1. The third-order valence-corrected chi connectivity index (χ3v) is 4.86. The SMILES string of the molecule is Cc1ccc(NC2C3CCCOC3C2(C)C)cc1O. The van der Waals surface area contributed by atoms with Crippen molar-refractivity contribution in [1.29, 1.82) is 0 Å². The van der Waals surface area contributed by atoms with Crippen LogP contribution in [0.25, 0.3) is 0 Å². The molecular weight excluding hydrogens is 238 g/mol. The molecule has 1 saturated heterocycles. The predicted octanol–water partition coefficient (Wildman–Crippen LogP) is 3.32. The summed E-state index contributed by atoms with van der Waals surface area (Å²) in [6.45, 7) is 7.36. The molecule has 1 saturated carbocycles. The Morgan fingerprint density at radius 3 is 2.89 bits per heavy atom. The fourth-order valence-electron chi connectivity index (χ4n) is 3.69. The first kappa shape index (κ1) is 12.8. The van der Waals surface area contributed by atoms with E-state index in [4.69, 9.17) is 4.74 Å². The van der Waals surface area contributed by atoms with Crippen LogP contribution in [0.15, 0.2) is 18.2 Å². The molecule has 1 heterocycles. The van der Waals surface area contributed by atoms with Gasteiger partial charge in [-0.1, -0.05) is 19.9 Å². The minimum absolute atomic E-state index is 0.158. The number of fused-ring (bicyclic) bond motifs is 1. The van der Waals surface area contributed by atoms with Crippen LogP contribution in [0.3, 0.4) is 0 Å². The molecule has 3 unspecified atom stereocenters. The Bertz CT molecular complexity index is 484. The van der Waals surface area contributed by atoms with Gasteiger partial charge in [-0.15, -0.1) is 0 Å². The van der Waals surface area contributed by atoms with E-state index in [0.717, 1.165) is 24.3 Å². The second kappa shape index (κ2) is 4.41. The maximum absolute atomic E-state index is 9.80. The second-order valence-electron chi connectivity index (χ2n) is 6.54. The molecule has 2 N–H and O–H groups in total. The van der Waals surface area contributed by atoms with Gasteiger partial charge in [0.05, 0.1) is 6.10 Å². The molecule has 0 radical (unpaired) electrons. The van der Waals surface area contributed by atoms with E-state index in [-0.39, 0.29) is 5.41 Å². The summed E-state index contributed by atoms with van der Waals surface area (Å²) in [4.78, 5) is 0.